The Balaban J connectivity index is 1.72. The molecule has 0 aromatic heterocycles. The van der Waals surface area contributed by atoms with Crippen molar-refractivity contribution in [3.63, 3.8) is 0 Å². The number of ether oxygens (including phenoxy) is 2. The van der Waals surface area contributed by atoms with Crippen LogP contribution in [-0.2, 0) is 11.3 Å². The van der Waals surface area contributed by atoms with Gasteiger partial charge in [0.1, 0.15) is 12.4 Å². The molecule has 2 unspecified atom stereocenters. The van der Waals surface area contributed by atoms with Gasteiger partial charge in [-0.05, 0) is 24.9 Å². The van der Waals surface area contributed by atoms with Crippen molar-refractivity contribution < 1.29 is 9.47 Å². The summed E-state index contributed by atoms with van der Waals surface area (Å²) in [5.74, 6) is 1.69. The molecule has 4 heteroatoms. The number of hydrogen-bond acceptors (Lipinski definition) is 4. The van der Waals surface area contributed by atoms with Crippen molar-refractivity contribution in [2.24, 2.45) is 5.92 Å². The van der Waals surface area contributed by atoms with E-state index in [1.165, 1.54) is 12.0 Å². The zero-order valence-electron chi connectivity index (χ0n) is 12.4. The molecule has 20 heavy (non-hydrogen) atoms. The van der Waals surface area contributed by atoms with Crippen molar-refractivity contribution in [3.8, 4) is 5.75 Å². The zero-order chi connectivity index (χ0) is 13.9. The molecule has 0 amide bonds. The number of methoxy groups -OCH3 is 1. The summed E-state index contributed by atoms with van der Waals surface area (Å²) in [6.45, 7) is 7.01. The molecule has 1 N–H and O–H groups in total. The van der Waals surface area contributed by atoms with Crippen LogP contribution in [0.1, 0.15) is 18.9 Å². The van der Waals surface area contributed by atoms with Gasteiger partial charge in [0.05, 0.1) is 11.8 Å². The summed E-state index contributed by atoms with van der Waals surface area (Å²) in [6.07, 6.45) is 1.55. The minimum absolute atomic E-state index is 0.349. The van der Waals surface area contributed by atoms with E-state index >= 15 is 0 Å². The highest BCUT2D eigenvalue weighted by Crippen LogP contribution is 2.32. The molecule has 0 spiro atoms. The van der Waals surface area contributed by atoms with E-state index in [4.69, 9.17) is 9.47 Å². The molecule has 4 nitrogen and oxygen atoms in total. The lowest BCUT2D eigenvalue weighted by Crippen LogP contribution is -2.43. The van der Waals surface area contributed by atoms with Crippen LogP contribution in [0.3, 0.4) is 0 Å². The van der Waals surface area contributed by atoms with Crippen LogP contribution >= 0.6 is 0 Å². The van der Waals surface area contributed by atoms with E-state index in [1.807, 2.05) is 7.11 Å². The number of nitrogens with zero attached hydrogens (tertiary/aromatic N) is 1. The maximum atomic E-state index is 5.85. The summed E-state index contributed by atoms with van der Waals surface area (Å²) in [4.78, 5) is 2.47. The Bertz CT molecular complexity index is 464. The first-order valence-electron chi connectivity index (χ1n) is 7.51. The predicted octanol–water partition coefficient (Wildman–Crippen LogP) is 2.35. The summed E-state index contributed by atoms with van der Waals surface area (Å²) < 4.78 is 11.4. The minimum Gasteiger partial charge on any atom is -0.489 e. The molecule has 2 aliphatic heterocycles. The average molecular weight is 276 g/mol. The van der Waals surface area contributed by atoms with Gasteiger partial charge in [-0.3, -0.25) is 4.90 Å². The van der Waals surface area contributed by atoms with Gasteiger partial charge < -0.3 is 14.8 Å². The molecule has 110 valence electrons. The molecule has 1 fully saturated rings. The van der Waals surface area contributed by atoms with E-state index in [1.54, 1.807) is 0 Å². The van der Waals surface area contributed by atoms with Crippen LogP contribution in [0.25, 0.3) is 0 Å². The summed E-state index contributed by atoms with van der Waals surface area (Å²) in [5, 5.41) is 3.40. The molecular formula is C16H24N2O2. The number of anilines is 1. The van der Waals surface area contributed by atoms with Gasteiger partial charge in [0.15, 0.2) is 0 Å². The normalized spacial score (nSPS) is 26.5. The smallest absolute Gasteiger partial charge is 0.146 e. The summed E-state index contributed by atoms with van der Waals surface area (Å²) >= 11 is 0. The second kappa shape index (κ2) is 6.02. The second-order valence-electron chi connectivity index (χ2n) is 5.84. The van der Waals surface area contributed by atoms with Crippen LogP contribution in [0.2, 0.25) is 0 Å². The molecule has 0 aliphatic carbocycles. The van der Waals surface area contributed by atoms with E-state index in [0.29, 0.717) is 12.0 Å². The Morgan fingerprint density at radius 1 is 1.45 bits per heavy atom. The third kappa shape index (κ3) is 2.76. The van der Waals surface area contributed by atoms with Gasteiger partial charge >= 0.3 is 0 Å². The third-order valence-corrected chi connectivity index (χ3v) is 4.43. The molecular weight excluding hydrogens is 252 g/mol. The van der Waals surface area contributed by atoms with Crippen molar-refractivity contribution in [1.29, 1.82) is 0 Å². The Labute approximate surface area is 121 Å². The fourth-order valence-electron chi connectivity index (χ4n) is 3.15. The average Bonchev–Trinajstić information content (AvgIpc) is 2.49. The lowest BCUT2D eigenvalue weighted by atomic mass is 9.95. The fraction of sp³-hybridized carbons (Fsp3) is 0.625. The highest BCUT2D eigenvalue weighted by Gasteiger charge is 2.27. The minimum atomic E-state index is 0.349. The molecule has 0 saturated carbocycles. The van der Waals surface area contributed by atoms with Crippen LogP contribution in [0, 0.1) is 5.92 Å². The van der Waals surface area contributed by atoms with Crippen LogP contribution in [0.5, 0.6) is 5.75 Å². The van der Waals surface area contributed by atoms with Crippen molar-refractivity contribution in [2.75, 3.05) is 38.7 Å². The van der Waals surface area contributed by atoms with E-state index in [9.17, 15) is 0 Å². The number of piperidine rings is 1. The zero-order valence-corrected chi connectivity index (χ0v) is 12.4. The van der Waals surface area contributed by atoms with Crippen LogP contribution in [0.4, 0.5) is 5.69 Å². The summed E-state index contributed by atoms with van der Waals surface area (Å²) in [5.41, 5.74) is 2.40. The number of likely N-dealkylation sites (tertiary alicyclic amines) is 1. The van der Waals surface area contributed by atoms with Crippen LogP contribution in [-0.4, -0.2) is 44.4 Å². The van der Waals surface area contributed by atoms with Gasteiger partial charge in [-0.15, -0.1) is 0 Å². The lowest BCUT2D eigenvalue weighted by molar-refractivity contribution is -0.00765. The first-order valence-corrected chi connectivity index (χ1v) is 7.51. The maximum Gasteiger partial charge on any atom is 0.146 e. The standard InChI is InChI=1S/C16H24N2O2/c1-12-6-8-18(11-15(12)19-2)10-13-4-3-5-14-16(13)20-9-7-17-14/h3-5,12,15,17H,6-11H2,1-2H3. The Morgan fingerprint density at radius 3 is 3.20 bits per heavy atom. The van der Waals surface area contributed by atoms with Gasteiger partial charge in [0.25, 0.3) is 0 Å². The van der Waals surface area contributed by atoms with Crippen LogP contribution < -0.4 is 10.1 Å². The summed E-state index contributed by atoms with van der Waals surface area (Å²) in [7, 11) is 1.82. The lowest BCUT2D eigenvalue weighted by Gasteiger charge is -2.36. The van der Waals surface area contributed by atoms with Crippen molar-refractivity contribution >= 4 is 5.69 Å². The molecule has 0 bridgehead atoms. The van der Waals surface area contributed by atoms with Gasteiger partial charge in [-0.2, -0.15) is 0 Å². The van der Waals surface area contributed by atoms with Crippen molar-refractivity contribution in [2.45, 2.75) is 26.0 Å². The van der Waals surface area contributed by atoms with Gasteiger partial charge in [0, 0.05) is 32.3 Å². The van der Waals surface area contributed by atoms with E-state index in [2.05, 4.69) is 35.3 Å². The largest absolute Gasteiger partial charge is 0.489 e. The maximum absolute atomic E-state index is 5.85. The number of fused-ring (bicyclic) bond motifs is 1. The number of para-hydroxylation sites is 1. The highest BCUT2D eigenvalue weighted by molar-refractivity contribution is 5.61. The second-order valence-corrected chi connectivity index (χ2v) is 5.84. The number of rotatable bonds is 3. The monoisotopic (exact) mass is 276 g/mol. The fourth-order valence-corrected chi connectivity index (χ4v) is 3.15. The molecule has 3 rings (SSSR count). The van der Waals surface area contributed by atoms with Crippen molar-refractivity contribution in [1.82, 2.24) is 4.90 Å². The van der Waals surface area contributed by atoms with Crippen LogP contribution in [0.15, 0.2) is 18.2 Å². The molecule has 2 heterocycles. The number of nitrogens with one attached hydrogen (secondary N) is 1. The van der Waals surface area contributed by atoms with Gasteiger partial charge in [-0.25, -0.2) is 0 Å². The first-order chi connectivity index (χ1) is 9.78. The van der Waals surface area contributed by atoms with Crippen molar-refractivity contribution in [3.05, 3.63) is 23.8 Å². The van der Waals surface area contributed by atoms with Gasteiger partial charge in [-0.1, -0.05) is 19.1 Å². The molecule has 1 saturated heterocycles. The Kier molecular flexibility index (Phi) is 4.13. The molecule has 2 atom stereocenters. The van der Waals surface area contributed by atoms with Gasteiger partial charge in [0.2, 0.25) is 0 Å². The number of hydrogen-bond donors (Lipinski definition) is 1. The van der Waals surface area contributed by atoms with E-state index in [-0.39, 0.29) is 0 Å². The highest BCUT2D eigenvalue weighted by atomic mass is 16.5. The first kappa shape index (κ1) is 13.7. The quantitative estimate of drug-likeness (QED) is 0.919. The number of benzene rings is 1. The predicted molar refractivity (Wildman–Crippen MR) is 80.3 cm³/mol. The summed E-state index contributed by atoms with van der Waals surface area (Å²) in [6, 6.07) is 6.37. The van der Waals surface area contributed by atoms with E-state index < -0.39 is 0 Å². The topological polar surface area (TPSA) is 33.7 Å². The molecule has 1 aromatic carbocycles. The Morgan fingerprint density at radius 2 is 2.35 bits per heavy atom. The molecule has 2 aliphatic rings. The SMILES string of the molecule is COC1CN(Cc2cccc3c2OCCN3)CCC1C. The molecule has 0 radical (unpaired) electrons. The molecule has 1 aromatic rings. The van der Waals surface area contributed by atoms with E-state index in [0.717, 1.165) is 44.2 Å². The third-order valence-electron chi connectivity index (χ3n) is 4.43. The Hall–Kier alpha value is -1.26.